The molecule has 0 unspecified atom stereocenters. The van der Waals surface area contributed by atoms with Gasteiger partial charge in [-0.05, 0) is 18.4 Å². The van der Waals surface area contributed by atoms with Crippen LogP contribution in [0.3, 0.4) is 0 Å². The Kier molecular flexibility index (Phi) is 4.63. The third-order valence-corrected chi connectivity index (χ3v) is 3.00. The average Bonchev–Trinajstić information content (AvgIpc) is 2.26. The summed E-state index contributed by atoms with van der Waals surface area (Å²) < 4.78 is 26.4. The minimum atomic E-state index is -0.696. The number of halogens is 2. The van der Waals surface area contributed by atoms with Crippen LogP contribution in [-0.4, -0.2) is 11.9 Å². The summed E-state index contributed by atoms with van der Waals surface area (Å²) in [5, 5.41) is 2.64. The number of carbonyl (C=O) groups is 1. The van der Waals surface area contributed by atoms with E-state index in [1.165, 1.54) is 6.07 Å². The molecular weight excluding hydrogens is 250 g/mol. The van der Waals surface area contributed by atoms with Gasteiger partial charge in [0, 0.05) is 11.6 Å². The molecule has 0 aliphatic rings. The lowest BCUT2D eigenvalue weighted by Gasteiger charge is -2.27. The van der Waals surface area contributed by atoms with E-state index in [1.54, 1.807) is 6.92 Å². The number of hydrogen-bond acceptors (Lipinski definition) is 2. The average molecular weight is 270 g/mol. The third-order valence-electron chi connectivity index (χ3n) is 3.00. The molecule has 0 spiro atoms. The molecule has 106 valence electrons. The van der Waals surface area contributed by atoms with Crippen molar-refractivity contribution in [2.24, 2.45) is 11.1 Å². The van der Waals surface area contributed by atoms with Crippen LogP contribution in [0.2, 0.25) is 0 Å². The first-order valence-corrected chi connectivity index (χ1v) is 6.14. The zero-order valence-corrected chi connectivity index (χ0v) is 11.6. The van der Waals surface area contributed by atoms with E-state index in [2.05, 4.69) is 5.32 Å². The molecule has 3 nitrogen and oxygen atoms in total. The number of benzene rings is 1. The Morgan fingerprint density at radius 2 is 1.89 bits per heavy atom. The molecule has 0 aliphatic carbocycles. The van der Waals surface area contributed by atoms with Gasteiger partial charge >= 0.3 is 0 Å². The Balaban J connectivity index is 2.80. The highest BCUT2D eigenvalue weighted by atomic mass is 19.1. The van der Waals surface area contributed by atoms with Gasteiger partial charge in [-0.25, -0.2) is 8.78 Å². The lowest BCUT2D eigenvalue weighted by Crippen LogP contribution is -2.49. The molecule has 0 saturated heterocycles. The lowest BCUT2D eigenvalue weighted by atomic mass is 9.86. The summed E-state index contributed by atoms with van der Waals surface area (Å²) in [7, 11) is 0. The minimum Gasteiger partial charge on any atom is -0.348 e. The first-order chi connectivity index (χ1) is 8.62. The molecular formula is C14H20F2N2O. The number of hydrogen-bond donors (Lipinski definition) is 2. The van der Waals surface area contributed by atoms with Crippen molar-refractivity contribution in [2.75, 3.05) is 0 Å². The second-order valence-corrected chi connectivity index (χ2v) is 5.74. The van der Waals surface area contributed by atoms with Crippen molar-refractivity contribution in [3.63, 3.8) is 0 Å². The minimum absolute atomic E-state index is 0.232. The van der Waals surface area contributed by atoms with E-state index in [-0.39, 0.29) is 16.9 Å². The zero-order valence-electron chi connectivity index (χ0n) is 11.6. The van der Waals surface area contributed by atoms with Gasteiger partial charge < -0.3 is 11.1 Å². The fraction of sp³-hybridized carbons (Fsp3) is 0.500. The van der Waals surface area contributed by atoms with Gasteiger partial charge in [0.05, 0.1) is 12.1 Å². The molecule has 0 saturated carbocycles. The summed E-state index contributed by atoms with van der Waals surface area (Å²) in [6.07, 6.45) is 0. The van der Waals surface area contributed by atoms with E-state index in [0.29, 0.717) is 0 Å². The fourth-order valence-corrected chi connectivity index (χ4v) is 1.63. The zero-order chi connectivity index (χ0) is 14.8. The van der Waals surface area contributed by atoms with Crippen LogP contribution in [-0.2, 0) is 4.79 Å². The number of rotatable bonds is 3. The van der Waals surface area contributed by atoms with E-state index < -0.39 is 23.7 Å². The van der Waals surface area contributed by atoms with E-state index in [4.69, 9.17) is 5.73 Å². The highest BCUT2D eigenvalue weighted by Crippen LogP contribution is 2.20. The van der Waals surface area contributed by atoms with E-state index in [0.717, 1.165) is 12.1 Å². The maximum Gasteiger partial charge on any atom is 0.237 e. The molecule has 2 atom stereocenters. The molecule has 1 amide bonds. The molecule has 0 heterocycles. The van der Waals surface area contributed by atoms with Crippen molar-refractivity contribution >= 4 is 5.91 Å². The van der Waals surface area contributed by atoms with Gasteiger partial charge in [0.25, 0.3) is 0 Å². The van der Waals surface area contributed by atoms with Crippen molar-refractivity contribution in [3.8, 4) is 0 Å². The molecule has 5 heteroatoms. The van der Waals surface area contributed by atoms with Crippen LogP contribution in [0.1, 0.15) is 39.3 Å². The predicted octanol–water partition coefficient (Wildman–Crippen LogP) is 2.52. The lowest BCUT2D eigenvalue weighted by molar-refractivity contribution is -0.125. The van der Waals surface area contributed by atoms with Crippen molar-refractivity contribution < 1.29 is 13.6 Å². The largest absolute Gasteiger partial charge is 0.348 e. The summed E-state index contributed by atoms with van der Waals surface area (Å²) in [5.41, 5.74) is 5.67. The van der Waals surface area contributed by atoms with Gasteiger partial charge in [-0.15, -0.1) is 0 Å². The normalized spacial score (nSPS) is 14.9. The highest BCUT2D eigenvalue weighted by molar-refractivity contribution is 5.82. The number of nitrogens with two attached hydrogens (primary N) is 1. The van der Waals surface area contributed by atoms with E-state index in [9.17, 15) is 13.6 Å². The monoisotopic (exact) mass is 270 g/mol. The molecule has 0 fully saturated rings. The molecule has 0 aromatic heterocycles. The van der Waals surface area contributed by atoms with Crippen LogP contribution < -0.4 is 11.1 Å². The quantitative estimate of drug-likeness (QED) is 0.886. The molecule has 0 aliphatic heterocycles. The maximum atomic E-state index is 13.6. The summed E-state index contributed by atoms with van der Waals surface area (Å²) >= 11 is 0. The second-order valence-electron chi connectivity index (χ2n) is 5.74. The fourth-order valence-electron chi connectivity index (χ4n) is 1.63. The predicted molar refractivity (Wildman–Crippen MR) is 70.3 cm³/mol. The summed E-state index contributed by atoms with van der Waals surface area (Å²) in [5.74, 6) is -1.69. The first kappa shape index (κ1) is 15.6. The Hall–Kier alpha value is -1.49. The van der Waals surface area contributed by atoms with E-state index >= 15 is 0 Å². The van der Waals surface area contributed by atoms with Gasteiger partial charge in [-0.2, -0.15) is 0 Å². The Bertz CT molecular complexity index is 469. The SMILES string of the molecule is C[C@@H](NC(=O)[C@@H](N)C(C)(C)C)c1ccc(F)cc1F. The van der Waals surface area contributed by atoms with Gasteiger partial charge in [-0.3, -0.25) is 4.79 Å². The van der Waals surface area contributed by atoms with Crippen LogP contribution in [0, 0.1) is 17.0 Å². The van der Waals surface area contributed by atoms with Crippen LogP contribution in [0.25, 0.3) is 0 Å². The van der Waals surface area contributed by atoms with Crippen molar-refractivity contribution in [3.05, 3.63) is 35.4 Å². The first-order valence-electron chi connectivity index (χ1n) is 6.14. The molecule has 0 radical (unpaired) electrons. The molecule has 19 heavy (non-hydrogen) atoms. The second kappa shape index (κ2) is 5.65. The molecule has 0 bridgehead atoms. The van der Waals surface area contributed by atoms with Gasteiger partial charge in [0.2, 0.25) is 5.91 Å². The van der Waals surface area contributed by atoms with Gasteiger partial charge in [-0.1, -0.05) is 26.8 Å². The highest BCUT2D eigenvalue weighted by Gasteiger charge is 2.28. The summed E-state index contributed by atoms with van der Waals surface area (Å²) in [6.45, 7) is 7.17. The summed E-state index contributed by atoms with van der Waals surface area (Å²) in [4.78, 5) is 11.9. The van der Waals surface area contributed by atoms with Crippen LogP contribution in [0.4, 0.5) is 8.78 Å². The van der Waals surface area contributed by atoms with Gasteiger partial charge in [0.15, 0.2) is 0 Å². The van der Waals surface area contributed by atoms with E-state index in [1.807, 2.05) is 20.8 Å². The molecule has 1 aromatic carbocycles. The Morgan fingerprint density at radius 1 is 1.32 bits per heavy atom. The number of amides is 1. The Morgan fingerprint density at radius 3 is 2.37 bits per heavy atom. The van der Waals surface area contributed by atoms with Crippen LogP contribution in [0.5, 0.6) is 0 Å². The molecule has 3 N–H and O–H groups in total. The Labute approximate surface area is 112 Å². The standard InChI is InChI=1S/C14H20F2N2O/c1-8(10-6-5-9(15)7-11(10)16)18-13(19)12(17)14(2,3)4/h5-8,12H,17H2,1-4H3,(H,18,19)/t8-,12-/m1/s1. The summed E-state index contributed by atoms with van der Waals surface area (Å²) in [6, 6.07) is 2.00. The number of carbonyl (C=O) groups excluding carboxylic acids is 1. The topological polar surface area (TPSA) is 55.1 Å². The van der Waals surface area contributed by atoms with Gasteiger partial charge in [0.1, 0.15) is 11.6 Å². The smallest absolute Gasteiger partial charge is 0.237 e. The third kappa shape index (κ3) is 3.99. The van der Waals surface area contributed by atoms with Crippen molar-refractivity contribution in [2.45, 2.75) is 39.8 Å². The van der Waals surface area contributed by atoms with Crippen molar-refractivity contribution in [1.29, 1.82) is 0 Å². The van der Waals surface area contributed by atoms with Crippen molar-refractivity contribution in [1.82, 2.24) is 5.32 Å². The number of nitrogens with one attached hydrogen (secondary N) is 1. The van der Waals surface area contributed by atoms with Crippen LogP contribution in [0.15, 0.2) is 18.2 Å². The molecule has 1 rings (SSSR count). The molecule has 1 aromatic rings. The maximum absolute atomic E-state index is 13.6. The van der Waals surface area contributed by atoms with Crippen LogP contribution >= 0.6 is 0 Å².